The van der Waals surface area contributed by atoms with Crippen LogP contribution in [0, 0.1) is 6.92 Å². The molecule has 5 heteroatoms. The number of amides is 1. The quantitative estimate of drug-likeness (QED) is 0.839. The third-order valence-corrected chi connectivity index (χ3v) is 3.85. The highest BCUT2D eigenvalue weighted by Crippen LogP contribution is 2.18. The Balaban J connectivity index is 1.76. The normalized spacial score (nSPS) is 19.1. The van der Waals surface area contributed by atoms with E-state index in [1.807, 2.05) is 20.2 Å². The summed E-state index contributed by atoms with van der Waals surface area (Å²) in [7, 11) is 1.95. The summed E-state index contributed by atoms with van der Waals surface area (Å²) in [5.74, 6) is 1.32. The summed E-state index contributed by atoms with van der Waals surface area (Å²) in [6, 6.07) is 0.396. The number of imidazole rings is 1. The number of aromatic nitrogens is 2. The lowest BCUT2D eigenvalue weighted by Crippen LogP contribution is -2.40. The molecule has 106 valence electrons. The fourth-order valence-electron chi connectivity index (χ4n) is 2.80. The van der Waals surface area contributed by atoms with E-state index in [1.165, 1.54) is 0 Å². The number of rotatable bonds is 6. The minimum absolute atomic E-state index is 0.301. The second-order valence-corrected chi connectivity index (χ2v) is 5.21. The van der Waals surface area contributed by atoms with E-state index in [9.17, 15) is 4.79 Å². The number of carbonyl (C=O) groups excluding carboxylic acids is 1. The van der Waals surface area contributed by atoms with Gasteiger partial charge in [0.05, 0.1) is 0 Å². The van der Waals surface area contributed by atoms with Gasteiger partial charge in [0.25, 0.3) is 0 Å². The van der Waals surface area contributed by atoms with E-state index in [0.29, 0.717) is 18.4 Å². The van der Waals surface area contributed by atoms with Crippen molar-refractivity contribution in [2.45, 2.75) is 45.2 Å². The van der Waals surface area contributed by atoms with E-state index >= 15 is 0 Å². The standard InChI is InChI=1S/C14H24N4O/c1-12-16-7-10-17(12)8-4-6-14(19)18-9-3-5-13(18)11-15-2/h7,10,13,15H,3-6,8-9,11H2,1-2H3. The molecule has 0 aliphatic carbocycles. The third kappa shape index (κ3) is 3.56. The van der Waals surface area contributed by atoms with Crippen LogP contribution < -0.4 is 5.32 Å². The monoisotopic (exact) mass is 264 g/mol. The summed E-state index contributed by atoms with van der Waals surface area (Å²) in [6.07, 6.45) is 7.57. The van der Waals surface area contributed by atoms with Crippen molar-refractivity contribution >= 4 is 5.91 Å². The first kappa shape index (κ1) is 14.1. The predicted molar refractivity (Wildman–Crippen MR) is 74.9 cm³/mol. The molecule has 1 fully saturated rings. The molecule has 5 nitrogen and oxygen atoms in total. The van der Waals surface area contributed by atoms with E-state index in [0.717, 1.165) is 44.7 Å². The molecule has 1 aliphatic rings. The van der Waals surface area contributed by atoms with Crippen LogP contribution in [-0.2, 0) is 11.3 Å². The number of carbonyl (C=O) groups is 1. The van der Waals surface area contributed by atoms with Crippen LogP contribution >= 0.6 is 0 Å². The van der Waals surface area contributed by atoms with Crippen LogP contribution in [-0.4, -0.2) is 46.5 Å². The first-order valence-electron chi connectivity index (χ1n) is 7.14. The lowest BCUT2D eigenvalue weighted by atomic mass is 10.2. The van der Waals surface area contributed by atoms with Crippen LogP contribution in [0.15, 0.2) is 12.4 Å². The van der Waals surface area contributed by atoms with E-state index in [-0.39, 0.29) is 0 Å². The lowest BCUT2D eigenvalue weighted by Gasteiger charge is -2.24. The molecule has 1 saturated heterocycles. The lowest BCUT2D eigenvalue weighted by molar-refractivity contribution is -0.132. The predicted octanol–water partition coefficient (Wildman–Crippen LogP) is 1.18. The van der Waals surface area contributed by atoms with Crippen molar-refractivity contribution in [2.24, 2.45) is 0 Å². The van der Waals surface area contributed by atoms with Crippen molar-refractivity contribution in [2.75, 3.05) is 20.1 Å². The van der Waals surface area contributed by atoms with Crippen molar-refractivity contribution in [1.29, 1.82) is 0 Å². The zero-order valence-electron chi connectivity index (χ0n) is 11.9. The summed E-state index contributed by atoms with van der Waals surface area (Å²) < 4.78 is 2.10. The van der Waals surface area contributed by atoms with Crippen LogP contribution in [0.5, 0.6) is 0 Å². The number of likely N-dealkylation sites (tertiary alicyclic amines) is 1. The highest BCUT2D eigenvalue weighted by Gasteiger charge is 2.27. The molecule has 2 rings (SSSR count). The Morgan fingerprint density at radius 2 is 2.42 bits per heavy atom. The van der Waals surface area contributed by atoms with Crippen molar-refractivity contribution in [3.05, 3.63) is 18.2 Å². The Labute approximate surface area is 115 Å². The topological polar surface area (TPSA) is 50.2 Å². The van der Waals surface area contributed by atoms with E-state index in [4.69, 9.17) is 0 Å². The van der Waals surface area contributed by atoms with Gasteiger partial charge in [0.15, 0.2) is 0 Å². The smallest absolute Gasteiger partial charge is 0.222 e. The highest BCUT2D eigenvalue weighted by atomic mass is 16.2. The van der Waals surface area contributed by atoms with Crippen LogP contribution in [0.1, 0.15) is 31.5 Å². The van der Waals surface area contributed by atoms with Gasteiger partial charge >= 0.3 is 0 Å². The molecule has 0 radical (unpaired) electrons. The molecule has 1 unspecified atom stereocenters. The zero-order valence-corrected chi connectivity index (χ0v) is 11.9. The maximum atomic E-state index is 12.2. The molecule has 1 atom stereocenters. The largest absolute Gasteiger partial charge is 0.338 e. The van der Waals surface area contributed by atoms with Crippen molar-refractivity contribution in [1.82, 2.24) is 19.8 Å². The molecule has 0 saturated carbocycles. The number of likely N-dealkylation sites (N-methyl/N-ethyl adjacent to an activating group) is 1. The Hall–Kier alpha value is -1.36. The number of hydrogen-bond acceptors (Lipinski definition) is 3. The Bertz CT molecular complexity index is 415. The van der Waals surface area contributed by atoms with Gasteiger partial charge in [-0.2, -0.15) is 0 Å². The average molecular weight is 264 g/mol. The van der Waals surface area contributed by atoms with Crippen molar-refractivity contribution in [3.8, 4) is 0 Å². The van der Waals surface area contributed by atoms with Gasteiger partial charge in [0.1, 0.15) is 5.82 Å². The third-order valence-electron chi connectivity index (χ3n) is 3.85. The summed E-state index contributed by atoms with van der Waals surface area (Å²) in [5, 5.41) is 3.17. The molecule has 1 aromatic rings. The summed E-state index contributed by atoms with van der Waals surface area (Å²) in [5.41, 5.74) is 0. The Morgan fingerprint density at radius 3 is 3.11 bits per heavy atom. The number of nitrogens with zero attached hydrogens (tertiary/aromatic N) is 3. The van der Waals surface area contributed by atoms with Crippen LogP contribution in [0.4, 0.5) is 0 Å². The number of aryl methyl sites for hydroxylation is 2. The second-order valence-electron chi connectivity index (χ2n) is 5.21. The van der Waals surface area contributed by atoms with Gasteiger partial charge in [-0.15, -0.1) is 0 Å². The zero-order chi connectivity index (χ0) is 13.7. The first-order valence-corrected chi connectivity index (χ1v) is 7.14. The molecule has 0 spiro atoms. The Kier molecular flexibility index (Phi) is 4.96. The first-order chi connectivity index (χ1) is 9.22. The number of nitrogens with one attached hydrogen (secondary N) is 1. The number of hydrogen-bond donors (Lipinski definition) is 1. The highest BCUT2D eigenvalue weighted by molar-refractivity contribution is 5.76. The molecule has 0 aromatic carbocycles. The molecule has 2 heterocycles. The van der Waals surface area contributed by atoms with Gasteiger partial charge in [-0.1, -0.05) is 0 Å². The van der Waals surface area contributed by atoms with Gasteiger partial charge < -0.3 is 14.8 Å². The van der Waals surface area contributed by atoms with Crippen molar-refractivity contribution in [3.63, 3.8) is 0 Å². The van der Waals surface area contributed by atoms with Crippen LogP contribution in [0.25, 0.3) is 0 Å². The fourth-order valence-corrected chi connectivity index (χ4v) is 2.80. The molecule has 0 bridgehead atoms. The Morgan fingerprint density at radius 1 is 1.58 bits per heavy atom. The van der Waals surface area contributed by atoms with Crippen LogP contribution in [0.2, 0.25) is 0 Å². The van der Waals surface area contributed by atoms with Gasteiger partial charge in [-0.3, -0.25) is 4.79 Å². The van der Waals surface area contributed by atoms with Gasteiger partial charge in [0.2, 0.25) is 5.91 Å². The molecule has 1 amide bonds. The van der Waals surface area contributed by atoms with E-state index in [1.54, 1.807) is 6.20 Å². The van der Waals surface area contributed by atoms with Gasteiger partial charge in [-0.25, -0.2) is 4.98 Å². The maximum absolute atomic E-state index is 12.2. The molecule has 1 aliphatic heterocycles. The minimum Gasteiger partial charge on any atom is -0.338 e. The molecular weight excluding hydrogens is 240 g/mol. The van der Waals surface area contributed by atoms with Gasteiger partial charge in [-0.05, 0) is 33.2 Å². The SMILES string of the molecule is CNCC1CCCN1C(=O)CCCn1ccnc1C. The summed E-state index contributed by atoms with van der Waals surface area (Å²) in [4.78, 5) is 18.5. The minimum atomic E-state index is 0.301. The van der Waals surface area contributed by atoms with Crippen LogP contribution in [0.3, 0.4) is 0 Å². The summed E-state index contributed by atoms with van der Waals surface area (Å²) in [6.45, 7) is 4.70. The fraction of sp³-hybridized carbons (Fsp3) is 0.714. The molecule has 19 heavy (non-hydrogen) atoms. The molecule has 1 aromatic heterocycles. The van der Waals surface area contributed by atoms with Crippen molar-refractivity contribution < 1.29 is 4.79 Å². The van der Waals surface area contributed by atoms with E-state index < -0.39 is 0 Å². The summed E-state index contributed by atoms with van der Waals surface area (Å²) >= 11 is 0. The molecule has 1 N–H and O–H groups in total. The molecular formula is C14H24N4O. The maximum Gasteiger partial charge on any atom is 0.222 e. The average Bonchev–Trinajstić information content (AvgIpc) is 3.00. The van der Waals surface area contributed by atoms with E-state index in [2.05, 4.69) is 19.8 Å². The van der Waals surface area contributed by atoms with Gasteiger partial charge in [0, 0.05) is 44.5 Å². The second kappa shape index (κ2) is 6.70.